The summed E-state index contributed by atoms with van der Waals surface area (Å²) >= 11 is 0. The second-order valence-corrected chi connectivity index (χ2v) is 5.68. The summed E-state index contributed by atoms with van der Waals surface area (Å²) < 4.78 is 5.13. The van der Waals surface area contributed by atoms with Crippen LogP contribution < -0.4 is 10.1 Å². The van der Waals surface area contributed by atoms with Crippen LogP contribution in [0.2, 0.25) is 0 Å². The number of nitrogens with zero attached hydrogens (tertiary/aromatic N) is 2. The molecule has 2 amide bonds. The van der Waals surface area contributed by atoms with Crippen LogP contribution in [0.5, 0.6) is 5.75 Å². The number of pyridine rings is 1. The highest BCUT2D eigenvalue weighted by molar-refractivity contribution is 5.78. The molecule has 6 nitrogen and oxygen atoms in total. The molecular formula is C19H23N3O3. The summed E-state index contributed by atoms with van der Waals surface area (Å²) in [5, 5.41) is 2.84. The molecule has 1 N–H and O–H groups in total. The first-order valence-corrected chi connectivity index (χ1v) is 8.12. The molecule has 0 atom stereocenters. The SMILES string of the molecule is COc1ccc(CN(CCC(=O)NCc2cccnc2)C(C)=O)cc1. The van der Waals surface area contributed by atoms with E-state index in [4.69, 9.17) is 4.74 Å². The Bertz CT molecular complexity index is 687. The number of hydrogen-bond donors (Lipinski definition) is 1. The molecule has 0 unspecified atom stereocenters. The standard InChI is InChI=1S/C19H23N3O3/c1-15(23)22(14-16-5-7-18(25-2)8-6-16)11-9-19(24)21-13-17-4-3-10-20-12-17/h3-8,10,12H,9,11,13-14H2,1-2H3,(H,21,24). The van der Waals surface area contributed by atoms with E-state index in [2.05, 4.69) is 10.3 Å². The Labute approximate surface area is 147 Å². The Morgan fingerprint density at radius 2 is 1.92 bits per heavy atom. The third-order valence-electron chi connectivity index (χ3n) is 3.80. The Balaban J connectivity index is 1.82. The lowest BCUT2D eigenvalue weighted by molar-refractivity contribution is -0.130. The van der Waals surface area contributed by atoms with Gasteiger partial charge in [-0.2, -0.15) is 0 Å². The highest BCUT2D eigenvalue weighted by Gasteiger charge is 2.12. The number of aromatic nitrogens is 1. The zero-order chi connectivity index (χ0) is 18.1. The van der Waals surface area contributed by atoms with E-state index in [-0.39, 0.29) is 18.2 Å². The van der Waals surface area contributed by atoms with Crippen molar-refractivity contribution >= 4 is 11.8 Å². The lowest BCUT2D eigenvalue weighted by atomic mass is 10.2. The first-order chi connectivity index (χ1) is 12.1. The molecule has 0 fully saturated rings. The van der Waals surface area contributed by atoms with Crippen LogP contribution in [-0.2, 0) is 22.7 Å². The normalized spacial score (nSPS) is 10.2. The molecule has 2 aromatic rings. The van der Waals surface area contributed by atoms with E-state index in [1.165, 1.54) is 6.92 Å². The minimum atomic E-state index is -0.0927. The summed E-state index contributed by atoms with van der Waals surface area (Å²) in [6.45, 7) is 2.79. The Morgan fingerprint density at radius 3 is 2.52 bits per heavy atom. The zero-order valence-electron chi connectivity index (χ0n) is 14.6. The number of rotatable bonds is 8. The van der Waals surface area contributed by atoms with E-state index < -0.39 is 0 Å². The average molecular weight is 341 g/mol. The summed E-state index contributed by atoms with van der Waals surface area (Å²) in [5.41, 5.74) is 1.93. The Kier molecular flexibility index (Phi) is 6.95. The Hall–Kier alpha value is -2.89. The van der Waals surface area contributed by atoms with Crippen molar-refractivity contribution in [3.63, 3.8) is 0 Å². The maximum Gasteiger partial charge on any atom is 0.222 e. The van der Waals surface area contributed by atoms with E-state index in [0.29, 0.717) is 19.6 Å². The molecule has 1 aromatic carbocycles. The van der Waals surface area contributed by atoms with Gasteiger partial charge in [-0.3, -0.25) is 14.6 Å². The molecule has 0 saturated heterocycles. The minimum Gasteiger partial charge on any atom is -0.497 e. The number of amides is 2. The fourth-order valence-electron chi connectivity index (χ4n) is 2.33. The number of carbonyl (C=O) groups excluding carboxylic acids is 2. The molecule has 0 saturated carbocycles. The van der Waals surface area contributed by atoms with Crippen molar-refractivity contribution in [1.82, 2.24) is 15.2 Å². The van der Waals surface area contributed by atoms with Crippen LogP contribution >= 0.6 is 0 Å². The molecule has 6 heteroatoms. The van der Waals surface area contributed by atoms with E-state index in [0.717, 1.165) is 16.9 Å². The fourth-order valence-corrected chi connectivity index (χ4v) is 2.33. The maximum absolute atomic E-state index is 12.0. The van der Waals surface area contributed by atoms with Crippen LogP contribution in [0, 0.1) is 0 Å². The highest BCUT2D eigenvalue weighted by Crippen LogP contribution is 2.13. The second kappa shape index (κ2) is 9.42. The molecule has 0 bridgehead atoms. The quantitative estimate of drug-likeness (QED) is 0.798. The molecule has 0 aliphatic heterocycles. The monoisotopic (exact) mass is 341 g/mol. The summed E-state index contributed by atoms with van der Waals surface area (Å²) in [5.74, 6) is 0.619. The van der Waals surface area contributed by atoms with Crippen molar-refractivity contribution < 1.29 is 14.3 Å². The number of methoxy groups -OCH3 is 1. The number of nitrogens with one attached hydrogen (secondary N) is 1. The van der Waals surface area contributed by atoms with Gasteiger partial charge in [0.2, 0.25) is 11.8 Å². The van der Waals surface area contributed by atoms with Gasteiger partial charge in [0, 0.05) is 45.4 Å². The molecule has 2 rings (SSSR count). The van der Waals surface area contributed by atoms with Crippen LogP contribution in [0.25, 0.3) is 0 Å². The minimum absolute atomic E-state index is 0.0594. The first-order valence-electron chi connectivity index (χ1n) is 8.12. The second-order valence-electron chi connectivity index (χ2n) is 5.68. The molecule has 1 heterocycles. The third-order valence-corrected chi connectivity index (χ3v) is 3.80. The summed E-state index contributed by atoms with van der Waals surface area (Å²) in [6, 6.07) is 11.3. The van der Waals surface area contributed by atoms with Crippen LogP contribution in [-0.4, -0.2) is 35.4 Å². The van der Waals surface area contributed by atoms with Gasteiger partial charge in [0.25, 0.3) is 0 Å². The average Bonchev–Trinajstić information content (AvgIpc) is 2.64. The van der Waals surface area contributed by atoms with Crippen LogP contribution in [0.4, 0.5) is 0 Å². The molecule has 0 radical (unpaired) electrons. The molecular weight excluding hydrogens is 318 g/mol. The summed E-state index contributed by atoms with van der Waals surface area (Å²) in [4.78, 5) is 29.5. The van der Waals surface area contributed by atoms with Crippen molar-refractivity contribution in [2.45, 2.75) is 26.4 Å². The highest BCUT2D eigenvalue weighted by atomic mass is 16.5. The number of carbonyl (C=O) groups is 2. The zero-order valence-corrected chi connectivity index (χ0v) is 14.6. The van der Waals surface area contributed by atoms with E-state index >= 15 is 0 Å². The van der Waals surface area contributed by atoms with E-state index in [1.54, 1.807) is 24.4 Å². The summed E-state index contributed by atoms with van der Waals surface area (Å²) in [6.07, 6.45) is 3.66. The lowest BCUT2D eigenvalue weighted by Gasteiger charge is -2.21. The van der Waals surface area contributed by atoms with Gasteiger partial charge in [0.05, 0.1) is 7.11 Å². The van der Waals surface area contributed by atoms with Gasteiger partial charge >= 0.3 is 0 Å². The molecule has 0 spiro atoms. The lowest BCUT2D eigenvalue weighted by Crippen LogP contribution is -2.33. The number of hydrogen-bond acceptors (Lipinski definition) is 4. The van der Waals surface area contributed by atoms with Crippen molar-refractivity contribution in [2.75, 3.05) is 13.7 Å². The van der Waals surface area contributed by atoms with Crippen LogP contribution in [0.3, 0.4) is 0 Å². The Morgan fingerprint density at radius 1 is 1.16 bits per heavy atom. The topological polar surface area (TPSA) is 71.5 Å². The van der Waals surface area contributed by atoms with Gasteiger partial charge in [-0.05, 0) is 29.3 Å². The predicted molar refractivity (Wildman–Crippen MR) is 94.8 cm³/mol. The van der Waals surface area contributed by atoms with Crippen LogP contribution in [0.15, 0.2) is 48.8 Å². The van der Waals surface area contributed by atoms with Crippen molar-refractivity contribution in [3.8, 4) is 5.75 Å². The molecule has 25 heavy (non-hydrogen) atoms. The van der Waals surface area contributed by atoms with Gasteiger partial charge in [-0.1, -0.05) is 18.2 Å². The first kappa shape index (κ1) is 18.4. The van der Waals surface area contributed by atoms with Gasteiger partial charge < -0.3 is 15.0 Å². The van der Waals surface area contributed by atoms with E-state index in [1.807, 2.05) is 36.4 Å². The van der Waals surface area contributed by atoms with Crippen molar-refractivity contribution in [1.29, 1.82) is 0 Å². The smallest absolute Gasteiger partial charge is 0.222 e. The maximum atomic E-state index is 12.0. The molecule has 0 aliphatic carbocycles. The van der Waals surface area contributed by atoms with Gasteiger partial charge in [0.15, 0.2) is 0 Å². The summed E-state index contributed by atoms with van der Waals surface area (Å²) in [7, 11) is 1.61. The number of benzene rings is 1. The molecule has 132 valence electrons. The number of ether oxygens (including phenoxy) is 1. The van der Waals surface area contributed by atoms with E-state index in [9.17, 15) is 9.59 Å². The third kappa shape index (κ3) is 6.25. The molecule has 1 aromatic heterocycles. The molecule has 0 aliphatic rings. The fraction of sp³-hybridized carbons (Fsp3) is 0.316. The largest absolute Gasteiger partial charge is 0.497 e. The van der Waals surface area contributed by atoms with Crippen LogP contribution in [0.1, 0.15) is 24.5 Å². The van der Waals surface area contributed by atoms with Gasteiger partial charge in [-0.25, -0.2) is 0 Å². The predicted octanol–water partition coefficient (Wildman–Crippen LogP) is 2.15. The van der Waals surface area contributed by atoms with Crippen molar-refractivity contribution in [3.05, 3.63) is 59.9 Å². The van der Waals surface area contributed by atoms with Gasteiger partial charge in [0.1, 0.15) is 5.75 Å². The van der Waals surface area contributed by atoms with Crippen molar-refractivity contribution in [2.24, 2.45) is 0 Å². The van der Waals surface area contributed by atoms with Gasteiger partial charge in [-0.15, -0.1) is 0 Å².